The van der Waals surface area contributed by atoms with Crippen LogP contribution in [0.1, 0.15) is 19.4 Å². The smallest absolute Gasteiger partial charge is 0.317 e. The van der Waals surface area contributed by atoms with E-state index in [1.54, 1.807) is 25.3 Å². The number of rotatable bonds is 6. The Hall–Kier alpha value is -1.56. The summed E-state index contributed by atoms with van der Waals surface area (Å²) in [5, 5.41) is 15.7. The molecule has 1 rings (SSSR count). The average molecular weight is 284 g/mol. The molecule has 0 aliphatic rings. The minimum atomic E-state index is -0.897. The average Bonchev–Trinajstić information content (AvgIpc) is 2.80. The predicted molar refractivity (Wildman–Crippen MR) is 75.4 cm³/mol. The molecule has 1 aromatic rings. The zero-order valence-corrected chi connectivity index (χ0v) is 12.2. The van der Waals surface area contributed by atoms with E-state index >= 15 is 0 Å². The van der Waals surface area contributed by atoms with E-state index in [4.69, 9.17) is 5.11 Å². The maximum atomic E-state index is 11.9. The lowest BCUT2D eigenvalue weighted by Gasteiger charge is -2.22. The number of hydrogen-bond acceptors (Lipinski definition) is 3. The molecule has 0 aliphatic carbocycles. The van der Waals surface area contributed by atoms with Crippen LogP contribution >= 0.6 is 11.3 Å². The number of thiophene rings is 1. The fraction of sp³-hybridized carbons (Fsp3) is 0.538. The van der Waals surface area contributed by atoms with Crippen LogP contribution in [0.4, 0.5) is 4.79 Å². The normalized spacial score (nSPS) is 13.6. The van der Waals surface area contributed by atoms with Crippen molar-refractivity contribution in [3.63, 3.8) is 0 Å². The Morgan fingerprint density at radius 1 is 1.47 bits per heavy atom. The Kier molecular flexibility index (Phi) is 5.82. The molecule has 0 saturated heterocycles. The van der Waals surface area contributed by atoms with Crippen LogP contribution < -0.4 is 5.32 Å². The summed E-state index contributed by atoms with van der Waals surface area (Å²) in [6, 6.07) is 1.81. The van der Waals surface area contributed by atoms with Gasteiger partial charge in [-0.05, 0) is 35.7 Å². The first-order valence-electron chi connectivity index (χ1n) is 6.15. The van der Waals surface area contributed by atoms with Crippen LogP contribution in [0.3, 0.4) is 0 Å². The van der Waals surface area contributed by atoms with Crippen molar-refractivity contribution in [3.8, 4) is 0 Å². The van der Waals surface area contributed by atoms with Crippen LogP contribution in [-0.4, -0.2) is 41.6 Å². The summed E-state index contributed by atoms with van der Waals surface area (Å²) in [5.74, 6) is -1.46. The van der Waals surface area contributed by atoms with E-state index in [1.807, 2.05) is 18.4 Å². The quantitative estimate of drug-likeness (QED) is 0.840. The summed E-state index contributed by atoms with van der Waals surface area (Å²) in [5.41, 5.74) is 1.19. The minimum absolute atomic E-state index is 0.0182. The summed E-state index contributed by atoms with van der Waals surface area (Å²) in [6.07, 6.45) is 0.775. The lowest BCUT2D eigenvalue weighted by Crippen LogP contribution is -2.44. The van der Waals surface area contributed by atoms with Crippen LogP contribution in [0.2, 0.25) is 0 Å². The van der Waals surface area contributed by atoms with Crippen molar-refractivity contribution >= 4 is 23.3 Å². The summed E-state index contributed by atoms with van der Waals surface area (Å²) in [7, 11) is 1.60. The van der Waals surface area contributed by atoms with Crippen molar-refractivity contribution in [1.29, 1.82) is 0 Å². The number of aliphatic carboxylic acids is 1. The van der Waals surface area contributed by atoms with Gasteiger partial charge in [0.1, 0.15) is 0 Å². The van der Waals surface area contributed by atoms with E-state index < -0.39 is 11.9 Å². The highest BCUT2D eigenvalue weighted by atomic mass is 32.1. The van der Waals surface area contributed by atoms with Gasteiger partial charge < -0.3 is 15.3 Å². The Morgan fingerprint density at radius 3 is 2.68 bits per heavy atom. The standard InChI is InChI=1S/C13H20N2O3S/c1-9(12(16)17)7-15(3)13(18)14-10(2)6-11-4-5-19-8-11/h4-5,8-10H,6-7H2,1-3H3,(H,14,18)(H,16,17). The molecule has 1 aromatic heterocycles. The van der Waals surface area contributed by atoms with E-state index in [9.17, 15) is 9.59 Å². The highest BCUT2D eigenvalue weighted by molar-refractivity contribution is 7.07. The van der Waals surface area contributed by atoms with E-state index in [-0.39, 0.29) is 18.6 Å². The maximum Gasteiger partial charge on any atom is 0.317 e. The van der Waals surface area contributed by atoms with Crippen molar-refractivity contribution in [2.75, 3.05) is 13.6 Å². The molecule has 1 heterocycles. The third-order valence-corrected chi connectivity index (χ3v) is 3.54. The number of carbonyl (C=O) groups excluding carboxylic acids is 1. The van der Waals surface area contributed by atoms with Gasteiger partial charge in [-0.3, -0.25) is 4.79 Å². The van der Waals surface area contributed by atoms with E-state index in [0.29, 0.717) is 0 Å². The van der Waals surface area contributed by atoms with E-state index in [2.05, 4.69) is 10.7 Å². The molecule has 0 saturated carbocycles. The fourth-order valence-electron chi connectivity index (χ4n) is 1.71. The Morgan fingerprint density at radius 2 is 2.16 bits per heavy atom. The lowest BCUT2D eigenvalue weighted by atomic mass is 10.1. The molecular formula is C13H20N2O3S. The number of amides is 2. The largest absolute Gasteiger partial charge is 0.481 e. The number of urea groups is 1. The third kappa shape index (κ3) is 5.30. The van der Waals surface area contributed by atoms with E-state index in [1.165, 1.54) is 10.5 Å². The molecule has 0 aromatic carbocycles. The molecule has 2 unspecified atom stereocenters. The van der Waals surface area contributed by atoms with Crippen molar-refractivity contribution < 1.29 is 14.7 Å². The molecule has 0 aliphatic heterocycles. The number of nitrogens with zero attached hydrogens (tertiary/aromatic N) is 1. The molecule has 2 N–H and O–H groups in total. The molecule has 0 spiro atoms. The van der Waals surface area contributed by atoms with Crippen molar-refractivity contribution in [2.24, 2.45) is 5.92 Å². The molecule has 5 nitrogen and oxygen atoms in total. The SMILES string of the molecule is CC(Cc1ccsc1)NC(=O)N(C)CC(C)C(=O)O. The van der Waals surface area contributed by atoms with Gasteiger partial charge in [-0.15, -0.1) is 0 Å². The second-order valence-corrected chi connectivity index (χ2v) is 5.59. The third-order valence-electron chi connectivity index (χ3n) is 2.81. The zero-order chi connectivity index (χ0) is 14.4. The van der Waals surface area contributed by atoms with Gasteiger partial charge >= 0.3 is 12.0 Å². The number of carboxylic acid groups (broad SMARTS) is 1. The van der Waals surface area contributed by atoms with Crippen LogP contribution in [0.15, 0.2) is 16.8 Å². The lowest BCUT2D eigenvalue weighted by molar-refractivity contribution is -0.141. The van der Waals surface area contributed by atoms with Gasteiger partial charge in [0.25, 0.3) is 0 Å². The first-order chi connectivity index (χ1) is 8.90. The van der Waals surface area contributed by atoms with Gasteiger partial charge in [-0.2, -0.15) is 11.3 Å². The Bertz CT molecular complexity index is 420. The second-order valence-electron chi connectivity index (χ2n) is 4.81. The molecule has 0 fully saturated rings. The molecule has 106 valence electrons. The first-order valence-corrected chi connectivity index (χ1v) is 7.10. The van der Waals surface area contributed by atoms with E-state index in [0.717, 1.165) is 6.42 Å². The number of carboxylic acids is 1. The van der Waals surface area contributed by atoms with Gasteiger partial charge in [0, 0.05) is 19.6 Å². The second kappa shape index (κ2) is 7.13. The topological polar surface area (TPSA) is 69.6 Å². The molecule has 0 bridgehead atoms. The van der Waals surface area contributed by atoms with Gasteiger partial charge in [0.05, 0.1) is 5.92 Å². The highest BCUT2D eigenvalue weighted by Gasteiger charge is 2.18. The molecule has 19 heavy (non-hydrogen) atoms. The summed E-state index contributed by atoms with van der Waals surface area (Å²) >= 11 is 1.63. The Balaban J connectivity index is 2.38. The number of carbonyl (C=O) groups is 2. The monoisotopic (exact) mass is 284 g/mol. The molecular weight excluding hydrogens is 264 g/mol. The van der Waals surface area contributed by atoms with Crippen molar-refractivity contribution in [1.82, 2.24) is 10.2 Å². The maximum absolute atomic E-state index is 11.9. The van der Waals surface area contributed by atoms with Crippen molar-refractivity contribution in [2.45, 2.75) is 26.3 Å². The Labute approximate surface area is 117 Å². The highest BCUT2D eigenvalue weighted by Crippen LogP contribution is 2.08. The molecule has 6 heteroatoms. The molecule has 2 amide bonds. The van der Waals surface area contributed by atoms with Crippen molar-refractivity contribution in [3.05, 3.63) is 22.4 Å². The first kappa shape index (κ1) is 15.5. The predicted octanol–water partition coefficient (Wildman–Crippen LogP) is 2.04. The van der Waals surface area contributed by atoms with Crippen LogP contribution in [0, 0.1) is 5.92 Å². The summed E-state index contributed by atoms with van der Waals surface area (Å²) < 4.78 is 0. The van der Waals surface area contributed by atoms with Crippen LogP contribution in [0.25, 0.3) is 0 Å². The van der Waals surface area contributed by atoms with Gasteiger partial charge in [0.2, 0.25) is 0 Å². The summed E-state index contributed by atoms with van der Waals surface area (Å²) in [6.45, 7) is 3.72. The fourth-order valence-corrected chi connectivity index (χ4v) is 2.39. The van der Waals surface area contributed by atoms with Gasteiger partial charge in [-0.25, -0.2) is 4.79 Å². The van der Waals surface area contributed by atoms with Gasteiger partial charge in [-0.1, -0.05) is 6.92 Å². The number of hydrogen-bond donors (Lipinski definition) is 2. The summed E-state index contributed by atoms with van der Waals surface area (Å²) in [4.78, 5) is 24.0. The number of nitrogens with one attached hydrogen (secondary N) is 1. The van der Waals surface area contributed by atoms with Crippen LogP contribution in [0.5, 0.6) is 0 Å². The van der Waals surface area contributed by atoms with Crippen LogP contribution in [-0.2, 0) is 11.2 Å². The molecule has 0 radical (unpaired) electrons. The zero-order valence-electron chi connectivity index (χ0n) is 11.4. The van der Waals surface area contributed by atoms with Gasteiger partial charge in [0.15, 0.2) is 0 Å². The molecule has 2 atom stereocenters. The minimum Gasteiger partial charge on any atom is -0.481 e.